The standard InChI is InChI=1S/C14H12Cl3N3O/c1-8-6-12(18-13(21)11-7-14(11,16)17)20(19-8)10-4-2-9(15)3-5-10/h2-6,11H,7H2,1H3,(H,18,21). The van der Waals surface area contributed by atoms with Crippen LogP contribution in [0.3, 0.4) is 0 Å². The van der Waals surface area contributed by atoms with Crippen molar-refractivity contribution in [2.75, 3.05) is 5.32 Å². The molecule has 0 spiro atoms. The first-order valence-corrected chi connectivity index (χ1v) is 7.51. The van der Waals surface area contributed by atoms with Crippen LogP contribution in [0.1, 0.15) is 12.1 Å². The highest BCUT2D eigenvalue weighted by atomic mass is 35.5. The van der Waals surface area contributed by atoms with Crippen molar-refractivity contribution < 1.29 is 4.79 Å². The molecule has 110 valence electrons. The van der Waals surface area contributed by atoms with Gasteiger partial charge in [-0.2, -0.15) is 5.10 Å². The third-order valence-corrected chi connectivity index (χ3v) is 4.38. The van der Waals surface area contributed by atoms with E-state index in [0.29, 0.717) is 17.3 Å². The first kappa shape index (κ1) is 14.7. The molecule has 1 fully saturated rings. The first-order chi connectivity index (χ1) is 9.87. The second-order valence-electron chi connectivity index (χ2n) is 5.07. The lowest BCUT2D eigenvalue weighted by molar-refractivity contribution is -0.117. The lowest BCUT2D eigenvalue weighted by atomic mass is 10.3. The Morgan fingerprint density at radius 3 is 2.57 bits per heavy atom. The van der Waals surface area contributed by atoms with Crippen molar-refractivity contribution in [3.8, 4) is 5.69 Å². The number of carbonyl (C=O) groups is 1. The van der Waals surface area contributed by atoms with E-state index in [1.54, 1.807) is 22.9 Å². The van der Waals surface area contributed by atoms with Crippen LogP contribution in [0.2, 0.25) is 5.02 Å². The molecule has 1 aromatic carbocycles. The molecular weight excluding hydrogens is 333 g/mol. The monoisotopic (exact) mass is 343 g/mol. The quantitative estimate of drug-likeness (QED) is 0.857. The third kappa shape index (κ3) is 3.03. The predicted molar refractivity (Wildman–Crippen MR) is 84.5 cm³/mol. The van der Waals surface area contributed by atoms with Crippen molar-refractivity contribution in [2.45, 2.75) is 17.7 Å². The number of nitrogens with zero attached hydrogens (tertiary/aromatic N) is 2. The number of hydrogen-bond donors (Lipinski definition) is 1. The van der Waals surface area contributed by atoms with Crippen LogP contribution in [0, 0.1) is 12.8 Å². The first-order valence-electron chi connectivity index (χ1n) is 6.38. The van der Waals surface area contributed by atoms with Gasteiger partial charge >= 0.3 is 0 Å². The number of hydrogen-bond acceptors (Lipinski definition) is 2. The van der Waals surface area contributed by atoms with Crippen LogP contribution in [0.4, 0.5) is 5.82 Å². The van der Waals surface area contributed by atoms with Crippen LogP contribution >= 0.6 is 34.8 Å². The maximum Gasteiger partial charge on any atom is 0.231 e. The Morgan fingerprint density at radius 2 is 2.00 bits per heavy atom. The third-order valence-electron chi connectivity index (χ3n) is 3.30. The van der Waals surface area contributed by atoms with Gasteiger partial charge in [-0.15, -0.1) is 23.2 Å². The topological polar surface area (TPSA) is 46.9 Å². The number of nitrogens with one attached hydrogen (secondary N) is 1. The van der Waals surface area contributed by atoms with Crippen molar-refractivity contribution in [2.24, 2.45) is 5.92 Å². The van der Waals surface area contributed by atoms with E-state index in [9.17, 15) is 4.79 Å². The molecule has 1 atom stereocenters. The maximum atomic E-state index is 12.1. The molecule has 3 rings (SSSR count). The molecule has 0 saturated heterocycles. The zero-order valence-electron chi connectivity index (χ0n) is 11.1. The molecule has 1 unspecified atom stereocenters. The Labute approximate surface area is 137 Å². The molecule has 7 heteroatoms. The van der Waals surface area contributed by atoms with E-state index in [0.717, 1.165) is 11.4 Å². The Bertz CT molecular complexity index is 694. The van der Waals surface area contributed by atoms with E-state index in [-0.39, 0.29) is 11.8 Å². The summed E-state index contributed by atoms with van der Waals surface area (Å²) >= 11 is 17.7. The van der Waals surface area contributed by atoms with Gasteiger partial charge in [0.2, 0.25) is 5.91 Å². The minimum absolute atomic E-state index is 0.199. The summed E-state index contributed by atoms with van der Waals surface area (Å²) in [4.78, 5) is 12.1. The van der Waals surface area contributed by atoms with Crippen molar-refractivity contribution in [3.05, 3.63) is 41.0 Å². The van der Waals surface area contributed by atoms with Gasteiger partial charge in [0.05, 0.1) is 17.3 Å². The fraction of sp³-hybridized carbons (Fsp3) is 0.286. The fourth-order valence-electron chi connectivity index (χ4n) is 2.08. The molecule has 1 saturated carbocycles. The molecule has 0 radical (unpaired) electrons. The molecule has 4 nitrogen and oxygen atoms in total. The summed E-state index contributed by atoms with van der Waals surface area (Å²) in [6, 6.07) is 8.98. The number of benzene rings is 1. The average Bonchev–Trinajstić information content (AvgIpc) is 2.90. The number of anilines is 1. The molecule has 1 aliphatic carbocycles. The van der Waals surface area contributed by atoms with Gasteiger partial charge in [-0.25, -0.2) is 4.68 Å². The predicted octanol–water partition coefficient (Wildman–Crippen LogP) is 3.97. The van der Waals surface area contributed by atoms with E-state index in [1.807, 2.05) is 19.1 Å². The number of alkyl halides is 2. The Balaban J connectivity index is 1.86. The van der Waals surface area contributed by atoms with Crippen molar-refractivity contribution in [1.82, 2.24) is 9.78 Å². The summed E-state index contributed by atoms with van der Waals surface area (Å²) in [5.74, 6) is 0.000626. The number of aryl methyl sites for hydroxylation is 1. The van der Waals surface area contributed by atoms with Crippen LogP contribution in [0.25, 0.3) is 5.69 Å². The summed E-state index contributed by atoms with van der Waals surface area (Å²) in [5.41, 5.74) is 1.60. The van der Waals surface area contributed by atoms with Gasteiger partial charge < -0.3 is 5.32 Å². The van der Waals surface area contributed by atoms with Crippen LogP contribution < -0.4 is 5.32 Å². The van der Waals surface area contributed by atoms with E-state index >= 15 is 0 Å². The van der Waals surface area contributed by atoms with Crippen LogP contribution in [-0.4, -0.2) is 20.0 Å². The maximum absolute atomic E-state index is 12.1. The average molecular weight is 345 g/mol. The fourth-order valence-corrected chi connectivity index (χ4v) is 2.71. The van der Waals surface area contributed by atoms with Crippen LogP contribution in [0.15, 0.2) is 30.3 Å². The normalized spacial score (nSPS) is 19.3. The number of rotatable bonds is 3. The van der Waals surface area contributed by atoms with Gasteiger partial charge in [-0.3, -0.25) is 4.79 Å². The van der Waals surface area contributed by atoms with Gasteiger partial charge in [0.15, 0.2) is 0 Å². The second kappa shape index (κ2) is 5.20. The Morgan fingerprint density at radius 1 is 1.38 bits per heavy atom. The highest BCUT2D eigenvalue weighted by Gasteiger charge is 2.56. The summed E-state index contributed by atoms with van der Waals surface area (Å²) in [6.45, 7) is 1.85. The van der Waals surface area contributed by atoms with E-state index < -0.39 is 4.33 Å². The molecule has 1 aromatic heterocycles. The molecular formula is C14H12Cl3N3O. The summed E-state index contributed by atoms with van der Waals surface area (Å²) in [7, 11) is 0. The molecule has 1 amide bonds. The summed E-state index contributed by atoms with van der Waals surface area (Å²) in [5, 5.41) is 7.83. The summed E-state index contributed by atoms with van der Waals surface area (Å²) in [6.07, 6.45) is 0.468. The smallest absolute Gasteiger partial charge is 0.231 e. The van der Waals surface area contributed by atoms with Crippen molar-refractivity contribution in [3.63, 3.8) is 0 Å². The lowest BCUT2D eigenvalue weighted by Crippen LogP contribution is -2.19. The van der Waals surface area contributed by atoms with Crippen molar-refractivity contribution >= 4 is 46.5 Å². The van der Waals surface area contributed by atoms with Crippen LogP contribution in [0.5, 0.6) is 0 Å². The van der Waals surface area contributed by atoms with Gasteiger partial charge in [0.25, 0.3) is 0 Å². The highest BCUT2D eigenvalue weighted by molar-refractivity contribution is 6.52. The number of halogens is 3. The Hall–Kier alpha value is -1.23. The zero-order chi connectivity index (χ0) is 15.2. The molecule has 0 aliphatic heterocycles. The largest absolute Gasteiger partial charge is 0.310 e. The molecule has 21 heavy (non-hydrogen) atoms. The molecule has 2 aromatic rings. The SMILES string of the molecule is Cc1cc(NC(=O)C2CC2(Cl)Cl)n(-c2ccc(Cl)cc2)n1. The van der Waals surface area contributed by atoms with Gasteiger partial charge in [-0.05, 0) is 37.6 Å². The Kier molecular flexibility index (Phi) is 3.64. The lowest BCUT2D eigenvalue weighted by Gasteiger charge is -2.09. The van der Waals surface area contributed by atoms with Crippen molar-refractivity contribution in [1.29, 1.82) is 0 Å². The van der Waals surface area contributed by atoms with E-state index in [4.69, 9.17) is 34.8 Å². The number of carbonyl (C=O) groups excluding carboxylic acids is 1. The van der Waals surface area contributed by atoms with Gasteiger partial charge in [-0.1, -0.05) is 11.6 Å². The highest BCUT2D eigenvalue weighted by Crippen LogP contribution is 2.53. The minimum atomic E-state index is -0.940. The molecule has 1 N–H and O–H groups in total. The number of amides is 1. The van der Waals surface area contributed by atoms with E-state index in [1.165, 1.54) is 0 Å². The summed E-state index contributed by atoms with van der Waals surface area (Å²) < 4.78 is 0.709. The zero-order valence-corrected chi connectivity index (χ0v) is 13.4. The molecule has 1 aliphatic rings. The van der Waals surface area contributed by atoms with Gasteiger partial charge in [0.1, 0.15) is 10.2 Å². The van der Waals surface area contributed by atoms with Gasteiger partial charge in [0, 0.05) is 11.1 Å². The second-order valence-corrected chi connectivity index (χ2v) is 7.04. The number of aromatic nitrogens is 2. The minimum Gasteiger partial charge on any atom is -0.310 e. The van der Waals surface area contributed by atoms with Crippen LogP contribution in [-0.2, 0) is 4.79 Å². The molecule has 0 bridgehead atoms. The molecule has 1 heterocycles. The van der Waals surface area contributed by atoms with E-state index in [2.05, 4.69) is 10.4 Å².